The molecule has 5 heteroatoms. The van der Waals surface area contributed by atoms with Gasteiger partial charge in [0.05, 0.1) is 0 Å². The van der Waals surface area contributed by atoms with Crippen LogP contribution >= 0.6 is 0 Å². The number of nitrogens with two attached hydrogens (primary N) is 1. The fourth-order valence-corrected chi connectivity index (χ4v) is 1.72. The fraction of sp³-hybridized carbons (Fsp3) is 0.0769. The maximum absolute atomic E-state index is 13.7. The molecule has 0 aliphatic heterocycles. The summed E-state index contributed by atoms with van der Waals surface area (Å²) < 4.78 is 14.9. The standard InChI is InChI=1S/C13H10FN3O/c1-17-12(16)6-9(10(7-15)13(17)18)8-4-2-3-5-11(8)14/h2-6H,16H2,1H3. The van der Waals surface area contributed by atoms with Crippen LogP contribution < -0.4 is 11.3 Å². The largest absolute Gasteiger partial charge is 0.385 e. The molecule has 2 aromatic rings. The number of anilines is 1. The Kier molecular flexibility index (Phi) is 2.86. The molecule has 0 aliphatic carbocycles. The Labute approximate surface area is 103 Å². The molecular formula is C13H10FN3O. The second kappa shape index (κ2) is 4.34. The first-order valence-corrected chi connectivity index (χ1v) is 5.20. The van der Waals surface area contributed by atoms with Gasteiger partial charge in [-0.05, 0) is 12.1 Å². The van der Waals surface area contributed by atoms with Crippen molar-refractivity contribution in [1.82, 2.24) is 4.57 Å². The van der Waals surface area contributed by atoms with Gasteiger partial charge in [0, 0.05) is 18.2 Å². The molecule has 1 aromatic carbocycles. The molecule has 0 fully saturated rings. The van der Waals surface area contributed by atoms with Gasteiger partial charge in [0.2, 0.25) is 0 Å². The zero-order chi connectivity index (χ0) is 13.3. The summed E-state index contributed by atoms with van der Waals surface area (Å²) in [7, 11) is 1.46. The van der Waals surface area contributed by atoms with E-state index in [1.807, 2.05) is 0 Å². The van der Waals surface area contributed by atoms with Crippen LogP contribution in [0.4, 0.5) is 10.2 Å². The van der Waals surface area contributed by atoms with Crippen LogP contribution in [0.15, 0.2) is 35.1 Å². The summed E-state index contributed by atoms with van der Waals surface area (Å²) in [5, 5.41) is 9.04. The summed E-state index contributed by atoms with van der Waals surface area (Å²) in [5.41, 5.74) is 5.43. The SMILES string of the molecule is Cn1c(N)cc(-c2ccccc2F)c(C#N)c1=O. The number of hydrogen-bond donors (Lipinski definition) is 1. The number of pyridine rings is 1. The minimum absolute atomic E-state index is 0.114. The van der Waals surface area contributed by atoms with Crippen molar-refractivity contribution in [2.24, 2.45) is 7.05 Å². The van der Waals surface area contributed by atoms with Crippen molar-refractivity contribution in [3.8, 4) is 17.2 Å². The first-order chi connectivity index (χ1) is 8.56. The van der Waals surface area contributed by atoms with Gasteiger partial charge in [-0.2, -0.15) is 5.26 Å². The molecule has 1 aromatic heterocycles. The Balaban J connectivity index is 2.86. The van der Waals surface area contributed by atoms with Crippen LogP contribution in [-0.2, 0) is 7.05 Å². The summed E-state index contributed by atoms with van der Waals surface area (Å²) >= 11 is 0. The van der Waals surface area contributed by atoms with Crippen LogP contribution in [0.25, 0.3) is 11.1 Å². The molecule has 0 unspecified atom stereocenters. The van der Waals surface area contributed by atoms with Gasteiger partial charge in [-0.1, -0.05) is 18.2 Å². The number of hydrogen-bond acceptors (Lipinski definition) is 3. The lowest BCUT2D eigenvalue weighted by atomic mass is 10.0. The van der Waals surface area contributed by atoms with E-state index in [0.29, 0.717) is 0 Å². The Morgan fingerprint density at radius 2 is 2.00 bits per heavy atom. The van der Waals surface area contributed by atoms with Crippen LogP contribution in [0.3, 0.4) is 0 Å². The maximum atomic E-state index is 13.7. The Bertz CT molecular complexity index is 713. The third-order valence-corrected chi connectivity index (χ3v) is 2.74. The molecule has 0 radical (unpaired) electrons. The number of benzene rings is 1. The number of nitriles is 1. The molecule has 0 spiro atoms. The van der Waals surface area contributed by atoms with Crippen molar-refractivity contribution >= 4 is 5.82 Å². The van der Waals surface area contributed by atoms with Crippen LogP contribution in [0.2, 0.25) is 0 Å². The van der Waals surface area contributed by atoms with E-state index in [4.69, 9.17) is 11.0 Å². The van der Waals surface area contributed by atoms with E-state index in [2.05, 4.69) is 0 Å². The van der Waals surface area contributed by atoms with E-state index in [1.54, 1.807) is 12.1 Å². The Hall–Kier alpha value is -2.61. The number of halogens is 1. The van der Waals surface area contributed by atoms with E-state index in [9.17, 15) is 9.18 Å². The lowest BCUT2D eigenvalue weighted by Gasteiger charge is -2.09. The number of nitrogens with zero attached hydrogens (tertiary/aromatic N) is 2. The van der Waals surface area contributed by atoms with E-state index in [0.717, 1.165) is 4.57 Å². The molecular weight excluding hydrogens is 233 g/mol. The van der Waals surface area contributed by atoms with E-state index in [1.165, 1.54) is 31.3 Å². The molecule has 0 atom stereocenters. The minimum Gasteiger partial charge on any atom is -0.385 e. The smallest absolute Gasteiger partial charge is 0.270 e. The van der Waals surface area contributed by atoms with Crippen molar-refractivity contribution < 1.29 is 4.39 Å². The van der Waals surface area contributed by atoms with Gasteiger partial charge in [0.25, 0.3) is 5.56 Å². The van der Waals surface area contributed by atoms with Crippen molar-refractivity contribution in [1.29, 1.82) is 5.26 Å². The normalized spacial score (nSPS) is 10.1. The maximum Gasteiger partial charge on any atom is 0.270 e. The second-order valence-electron chi connectivity index (χ2n) is 3.81. The third-order valence-electron chi connectivity index (χ3n) is 2.74. The first-order valence-electron chi connectivity index (χ1n) is 5.20. The summed E-state index contributed by atoms with van der Waals surface area (Å²) in [6.45, 7) is 0. The average Bonchev–Trinajstić information content (AvgIpc) is 2.36. The topological polar surface area (TPSA) is 71.8 Å². The minimum atomic E-state index is -0.532. The quantitative estimate of drug-likeness (QED) is 0.827. The Morgan fingerprint density at radius 3 is 2.61 bits per heavy atom. The fourth-order valence-electron chi connectivity index (χ4n) is 1.72. The van der Waals surface area contributed by atoms with Crippen LogP contribution in [-0.4, -0.2) is 4.57 Å². The zero-order valence-corrected chi connectivity index (χ0v) is 9.64. The molecule has 18 heavy (non-hydrogen) atoms. The number of nitrogen functional groups attached to an aromatic ring is 1. The highest BCUT2D eigenvalue weighted by molar-refractivity contribution is 5.72. The predicted molar refractivity (Wildman–Crippen MR) is 66.2 cm³/mol. The van der Waals surface area contributed by atoms with Gasteiger partial charge in [0.1, 0.15) is 23.3 Å². The molecule has 0 saturated heterocycles. The summed E-state index contributed by atoms with van der Waals surface area (Å²) in [6.07, 6.45) is 0. The highest BCUT2D eigenvalue weighted by Gasteiger charge is 2.15. The van der Waals surface area contributed by atoms with E-state index in [-0.39, 0.29) is 22.5 Å². The van der Waals surface area contributed by atoms with Gasteiger partial charge in [-0.25, -0.2) is 4.39 Å². The van der Waals surface area contributed by atoms with Crippen LogP contribution in [0.1, 0.15) is 5.56 Å². The summed E-state index contributed by atoms with van der Waals surface area (Å²) in [6, 6.07) is 9.17. The molecule has 1 heterocycles. The second-order valence-corrected chi connectivity index (χ2v) is 3.81. The molecule has 90 valence electrons. The molecule has 0 saturated carbocycles. The monoisotopic (exact) mass is 243 g/mol. The molecule has 0 aliphatic rings. The van der Waals surface area contributed by atoms with Gasteiger partial charge in [-0.15, -0.1) is 0 Å². The van der Waals surface area contributed by atoms with Gasteiger partial charge in [0.15, 0.2) is 0 Å². The van der Waals surface area contributed by atoms with Crippen molar-refractivity contribution in [3.63, 3.8) is 0 Å². The van der Waals surface area contributed by atoms with Gasteiger partial charge < -0.3 is 5.73 Å². The zero-order valence-electron chi connectivity index (χ0n) is 9.64. The van der Waals surface area contributed by atoms with Crippen molar-refractivity contribution in [2.75, 3.05) is 5.73 Å². The molecule has 2 rings (SSSR count). The van der Waals surface area contributed by atoms with Crippen molar-refractivity contribution in [3.05, 3.63) is 52.1 Å². The van der Waals surface area contributed by atoms with Gasteiger partial charge in [-0.3, -0.25) is 9.36 Å². The molecule has 0 amide bonds. The molecule has 2 N–H and O–H groups in total. The summed E-state index contributed by atoms with van der Waals surface area (Å²) in [5.74, 6) is -0.320. The summed E-state index contributed by atoms with van der Waals surface area (Å²) in [4.78, 5) is 11.9. The highest BCUT2D eigenvalue weighted by atomic mass is 19.1. The lowest BCUT2D eigenvalue weighted by molar-refractivity contribution is 0.631. The average molecular weight is 243 g/mol. The predicted octanol–water partition coefficient (Wildman–Crippen LogP) is 1.65. The molecule has 0 bridgehead atoms. The van der Waals surface area contributed by atoms with E-state index >= 15 is 0 Å². The lowest BCUT2D eigenvalue weighted by Crippen LogP contribution is -2.23. The highest BCUT2D eigenvalue weighted by Crippen LogP contribution is 2.25. The van der Waals surface area contributed by atoms with Crippen LogP contribution in [0.5, 0.6) is 0 Å². The number of rotatable bonds is 1. The Morgan fingerprint density at radius 1 is 1.33 bits per heavy atom. The van der Waals surface area contributed by atoms with E-state index < -0.39 is 11.4 Å². The first kappa shape index (κ1) is 11.9. The molecule has 4 nitrogen and oxygen atoms in total. The van der Waals surface area contributed by atoms with Gasteiger partial charge >= 0.3 is 0 Å². The number of aromatic nitrogens is 1. The van der Waals surface area contributed by atoms with Crippen molar-refractivity contribution in [2.45, 2.75) is 0 Å². The third kappa shape index (κ3) is 1.74. The van der Waals surface area contributed by atoms with Crippen LogP contribution in [0, 0.1) is 17.1 Å².